The first-order valence-corrected chi connectivity index (χ1v) is 18.6. The highest BCUT2D eigenvalue weighted by atomic mass is 32.2. The molecule has 3 heterocycles. The zero-order valence-electron chi connectivity index (χ0n) is 28.7. The number of unbranched alkanes of at least 4 members (excludes halogenated alkanes) is 1. The van der Waals surface area contributed by atoms with Crippen molar-refractivity contribution in [2.45, 2.75) is 82.2 Å². The van der Waals surface area contributed by atoms with Crippen molar-refractivity contribution in [3.63, 3.8) is 0 Å². The van der Waals surface area contributed by atoms with E-state index in [-0.39, 0.29) is 36.3 Å². The number of fused-ring (bicyclic) bond motifs is 1. The number of carbonyl (C=O) groups is 3. The zero-order valence-corrected chi connectivity index (χ0v) is 29.5. The molecule has 0 radical (unpaired) electrons. The summed E-state index contributed by atoms with van der Waals surface area (Å²) in [5.41, 5.74) is 2.96. The molecule has 3 aliphatic rings. The number of amides is 4. The lowest BCUT2D eigenvalue weighted by Crippen LogP contribution is -2.49. The van der Waals surface area contributed by atoms with Gasteiger partial charge in [0.1, 0.15) is 0 Å². The van der Waals surface area contributed by atoms with Crippen molar-refractivity contribution < 1.29 is 33.3 Å². The molecule has 0 aromatic heterocycles. The first kappa shape index (κ1) is 38.1. The smallest absolute Gasteiger partial charge is 0.315 e. The van der Waals surface area contributed by atoms with E-state index in [0.717, 1.165) is 55.6 Å². The van der Waals surface area contributed by atoms with Gasteiger partial charge >= 0.3 is 6.03 Å². The van der Waals surface area contributed by atoms with Gasteiger partial charge < -0.3 is 39.8 Å². The monoisotopic (exact) mass is 689 g/mol. The molecule has 0 aliphatic carbocycles. The van der Waals surface area contributed by atoms with Crippen LogP contribution in [-0.2, 0) is 23.7 Å². The van der Waals surface area contributed by atoms with E-state index < -0.39 is 0 Å². The Labute approximate surface area is 289 Å². The zero-order chi connectivity index (χ0) is 34.0. The van der Waals surface area contributed by atoms with Crippen molar-refractivity contribution in [2.75, 3.05) is 78.2 Å². The number of carbonyl (C=O) groups excluding carboxylic acids is 3. The van der Waals surface area contributed by atoms with Gasteiger partial charge in [0.05, 0.1) is 71.5 Å². The van der Waals surface area contributed by atoms with Gasteiger partial charge in [-0.3, -0.25) is 14.6 Å². The van der Waals surface area contributed by atoms with E-state index in [0.29, 0.717) is 89.3 Å². The minimum Gasteiger partial charge on any atom is -0.379 e. The van der Waals surface area contributed by atoms with Crippen LogP contribution in [0.1, 0.15) is 67.8 Å². The van der Waals surface area contributed by atoms with Crippen LogP contribution in [0.2, 0.25) is 0 Å². The number of thioether (sulfide) groups is 1. The molecular formula is C35H55N5O7S. The first-order valence-electron chi connectivity index (χ1n) is 17.5. The van der Waals surface area contributed by atoms with Gasteiger partial charge in [-0.2, -0.15) is 11.8 Å². The summed E-state index contributed by atoms with van der Waals surface area (Å²) in [6.45, 7) is 9.71. The largest absolute Gasteiger partial charge is 0.379 e. The lowest BCUT2D eigenvalue weighted by Gasteiger charge is -2.33. The van der Waals surface area contributed by atoms with E-state index in [1.165, 1.54) is 0 Å². The number of ether oxygens (including phenoxy) is 4. The molecule has 0 spiro atoms. The molecule has 48 heavy (non-hydrogen) atoms. The SMILES string of the molecule is CC(CCCCC1SCC2NC(=O)NC21)=NCCOCCOCCOCCOCCC(=O)NC1CCCN(C(=O)c2ccc(C)cc2)C1. The highest BCUT2D eigenvalue weighted by molar-refractivity contribution is 8.00. The van der Waals surface area contributed by atoms with E-state index in [9.17, 15) is 14.4 Å². The average molecular weight is 690 g/mol. The quantitative estimate of drug-likeness (QED) is 0.0958. The predicted octanol–water partition coefficient (Wildman–Crippen LogP) is 3.36. The molecular weight excluding hydrogens is 634 g/mol. The van der Waals surface area contributed by atoms with Gasteiger partial charge in [-0.25, -0.2) is 4.79 Å². The van der Waals surface area contributed by atoms with Crippen molar-refractivity contribution >= 4 is 35.3 Å². The van der Waals surface area contributed by atoms with Crippen LogP contribution >= 0.6 is 11.8 Å². The molecule has 268 valence electrons. The molecule has 0 saturated carbocycles. The molecule has 4 unspecified atom stereocenters. The third kappa shape index (κ3) is 13.7. The van der Waals surface area contributed by atoms with Crippen molar-refractivity contribution in [3.05, 3.63) is 35.4 Å². The normalized spacial score (nSPS) is 22.3. The Morgan fingerprint density at radius 3 is 2.35 bits per heavy atom. The number of likely N-dealkylation sites (tertiary alicyclic amines) is 1. The first-order chi connectivity index (χ1) is 23.4. The maximum absolute atomic E-state index is 12.8. The highest BCUT2D eigenvalue weighted by Gasteiger charge is 2.42. The highest BCUT2D eigenvalue weighted by Crippen LogP contribution is 2.33. The number of nitrogens with zero attached hydrogens (tertiary/aromatic N) is 2. The van der Waals surface area contributed by atoms with Crippen molar-refractivity contribution in [1.29, 1.82) is 0 Å². The number of aryl methyl sites for hydroxylation is 1. The van der Waals surface area contributed by atoms with Gasteiger partial charge in [-0.1, -0.05) is 24.1 Å². The summed E-state index contributed by atoms with van der Waals surface area (Å²) in [7, 11) is 0. The number of piperidine rings is 1. The van der Waals surface area contributed by atoms with E-state index >= 15 is 0 Å². The minimum atomic E-state index is -0.0636. The number of hydrogen-bond donors (Lipinski definition) is 3. The number of benzene rings is 1. The fourth-order valence-corrected chi connectivity index (χ4v) is 7.68. The summed E-state index contributed by atoms with van der Waals surface area (Å²) >= 11 is 1.97. The second kappa shape index (κ2) is 21.4. The maximum atomic E-state index is 12.8. The summed E-state index contributed by atoms with van der Waals surface area (Å²) in [6, 6.07) is 8.13. The van der Waals surface area contributed by atoms with E-state index in [2.05, 4.69) is 27.9 Å². The summed E-state index contributed by atoms with van der Waals surface area (Å²) in [5.74, 6) is 0.960. The Hall–Kier alpha value is -2.71. The Balaban J connectivity index is 0.884. The van der Waals surface area contributed by atoms with E-state index in [4.69, 9.17) is 18.9 Å². The molecule has 12 nitrogen and oxygen atoms in total. The molecule has 13 heteroatoms. The number of nitrogens with one attached hydrogen (secondary N) is 3. The summed E-state index contributed by atoms with van der Waals surface area (Å²) in [6.07, 6.45) is 6.40. The average Bonchev–Trinajstić information content (AvgIpc) is 3.64. The molecule has 3 aliphatic heterocycles. The Bertz CT molecular complexity index is 1170. The van der Waals surface area contributed by atoms with Gasteiger partial charge in [0.2, 0.25) is 5.91 Å². The van der Waals surface area contributed by atoms with Crippen LogP contribution in [0.3, 0.4) is 0 Å². The molecule has 3 N–H and O–H groups in total. The number of rotatable bonds is 22. The fourth-order valence-electron chi connectivity index (χ4n) is 6.13. The van der Waals surface area contributed by atoms with Gasteiger partial charge in [-0.15, -0.1) is 0 Å². The lowest BCUT2D eigenvalue weighted by atomic mass is 10.0. The van der Waals surface area contributed by atoms with Crippen LogP contribution in [0.4, 0.5) is 4.79 Å². The Morgan fingerprint density at radius 2 is 1.62 bits per heavy atom. The fraction of sp³-hybridized carbons (Fsp3) is 0.714. The minimum absolute atomic E-state index is 0.0129. The van der Waals surface area contributed by atoms with Crippen LogP contribution in [-0.4, -0.2) is 130 Å². The van der Waals surface area contributed by atoms with Crippen molar-refractivity contribution in [2.24, 2.45) is 4.99 Å². The molecule has 0 bridgehead atoms. The van der Waals surface area contributed by atoms with Crippen molar-refractivity contribution in [3.8, 4) is 0 Å². The molecule has 3 fully saturated rings. The van der Waals surface area contributed by atoms with E-state index in [1.54, 1.807) is 0 Å². The molecule has 1 aromatic carbocycles. The van der Waals surface area contributed by atoms with Gasteiger partial charge in [-0.05, 0) is 58.1 Å². The summed E-state index contributed by atoms with van der Waals surface area (Å²) in [5, 5.41) is 9.62. The molecule has 4 amide bonds. The number of hydrogen-bond acceptors (Lipinski definition) is 9. The van der Waals surface area contributed by atoms with Gasteiger partial charge in [0, 0.05) is 47.8 Å². The molecule has 3 saturated heterocycles. The van der Waals surface area contributed by atoms with Gasteiger partial charge in [0.15, 0.2) is 0 Å². The van der Waals surface area contributed by atoms with E-state index in [1.807, 2.05) is 47.9 Å². The van der Waals surface area contributed by atoms with Crippen LogP contribution < -0.4 is 16.0 Å². The van der Waals surface area contributed by atoms with Crippen LogP contribution in [0.5, 0.6) is 0 Å². The second-order valence-corrected chi connectivity index (χ2v) is 14.0. The third-order valence-corrected chi connectivity index (χ3v) is 10.3. The van der Waals surface area contributed by atoms with Crippen LogP contribution in [0, 0.1) is 6.92 Å². The predicted molar refractivity (Wildman–Crippen MR) is 188 cm³/mol. The third-order valence-electron chi connectivity index (χ3n) is 8.79. The van der Waals surface area contributed by atoms with Crippen LogP contribution in [0.15, 0.2) is 29.3 Å². The molecule has 4 atom stereocenters. The lowest BCUT2D eigenvalue weighted by molar-refractivity contribution is -0.123. The second-order valence-electron chi connectivity index (χ2n) is 12.7. The van der Waals surface area contributed by atoms with Crippen molar-refractivity contribution in [1.82, 2.24) is 20.9 Å². The summed E-state index contributed by atoms with van der Waals surface area (Å²) < 4.78 is 22.3. The number of urea groups is 1. The Morgan fingerprint density at radius 1 is 0.938 bits per heavy atom. The maximum Gasteiger partial charge on any atom is 0.315 e. The van der Waals surface area contributed by atoms with Crippen LogP contribution in [0.25, 0.3) is 0 Å². The van der Waals surface area contributed by atoms with Gasteiger partial charge in [0.25, 0.3) is 5.91 Å². The topological polar surface area (TPSA) is 140 Å². The Kier molecular flexibility index (Phi) is 17.0. The number of aliphatic imine (C=N–C) groups is 1. The summed E-state index contributed by atoms with van der Waals surface area (Å²) in [4.78, 5) is 43.2. The standard InChI is InChI=1S/C35H55N5O7S/c1-26-9-11-28(12-10-26)34(42)40-15-5-7-29(24-40)37-32(41)13-16-44-18-20-46-22-23-47-21-19-45-17-14-36-27(2)6-3-4-8-31-33-30(25-48-31)38-35(43)39-33/h9-12,29-31,33H,3-8,13-25H2,1-2H3,(H,37,41)(H2,38,39,43). The molecule has 1 aromatic rings. The molecule has 4 rings (SSSR count).